The molecule has 0 bridgehead atoms. The molecule has 0 aromatic heterocycles. The minimum Gasteiger partial charge on any atom is -0.454 e. The maximum Gasteiger partial charge on any atom is 0.231 e. The average molecular weight is 332 g/mol. The molecule has 128 valence electrons. The van der Waals surface area contributed by atoms with E-state index in [4.69, 9.17) is 14.2 Å². The first-order chi connectivity index (χ1) is 11.6. The third kappa shape index (κ3) is 2.49. The van der Waals surface area contributed by atoms with Gasteiger partial charge in [-0.05, 0) is 17.7 Å². The van der Waals surface area contributed by atoms with Gasteiger partial charge in [0.2, 0.25) is 18.6 Å². The topological polar surface area (TPSA) is 68.3 Å². The van der Waals surface area contributed by atoms with E-state index in [0.717, 1.165) is 5.56 Å². The fraction of sp³-hybridized carbons (Fsp3) is 0.529. The van der Waals surface area contributed by atoms with E-state index < -0.39 is 0 Å². The maximum absolute atomic E-state index is 12.9. The Balaban J connectivity index is 1.63. The molecular formula is C17H20N2O5. The number of carbonyl (C=O) groups is 2. The molecule has 7 heteroatoms. The van der Waals surface area contributed by atoms with E-state index in [-0.39, 0.29) is 37.0 Å². The van der Waals surface area contributed by atoms with Gasteiger partial charge in [-0.15, -0.1) is 0 Å². The van der Waals surface area contributed by atoms with E-state index in [2.05, 4.69) is 0 Å². The van der Waals surface area contributed by atoms with Crippen molar-refractivity contribution in [3.63, 3.8) is 0 Å². The third-order valence-electron chi connectivity index (χ3n) is 4.96. The number of rotatable bonds is 2. The highest BCUT2D eigenvalue weighted by molar-refractivity contribution is 5.90. The number of likely N-dealkylation sites (tertiary alicyclic amines) is 1. The van der Waals surface area contributed by atoms with Gasteiger partial charge in [0.15, 0.2) is 11.5 Å². The second kappa shape index (κ2) is 5.98. The lowest BCUT2D eigenvalue weighted by molar-refractivity contribution is -0.140. The van der Waals surface area contributed by atoms with Crippen molar-refractivity contribution >= 4 is 11.8 Å². The number of hydrogen-bond acceptors (Lipinski definition) is 5. The molecule has 1 aromatic carbocycles. The fourth-order valence-corrected chi connectivity index (χ4v) is 3.66. The normalized spacial score (nSPS) is 26.1. The Bertz CT molecular complexity index is 671. The first kappa shape index (κ1) is 15.3. The number of ether oxygens (including phenoxy) is 3. The molecule has 0 aliphatic carbocycles. The lowest BCUT2D eigenvalue weighted by atomic mass is 9.92. The summed E-state index contributed by atoms with van der Waals surface area (Å²) in [5.41, 5.74) is 0.902. The number of nitrogens with zero attached hydrogens (tertiary/aromatic N) is 2. The van der Waals surface area contributed by atoms with Crippen LogP contribution < -0.4 is 9.47 Å². The molecule has 3 aliphatic heterocycles. The molecule has 0 saturated carbocycles. The Morgan fingerprint density at radius 1 is 1.17 bits per heavy atom. The summed E-state index contributed by atoms with van der Waals surface area (Å²) in [5, 5.41) is 0. The first-order valence-corrected chi connectivity index (χ1v) is 8.17. The summed E-state index contributed by atoms with van der Waals surface area (Å²) in [5.74, 6) is 1.00. The van der Waals surface area contributed by atoms with Crippen molar-refractivity contribution in [3.8, 4) is 11.5 Å². The Morgan fingerprint density at radius 3 is 2.71 bits per heavy atom. The van der Waals surface area contributed by atoms with Crippen molar-refractivity contribution in [2.24, 2.45) is 5.92 Å². The predicted octanol–water partition coefficient (Wildman–Crippen LogP) is 0.794. The second-order valence-electron chi connectivity index (χ2n) is 6.31. The standard InChI is InChI=1S/C17H20N2O5/c1-18-15(20)9-12(17(21)19-4-6-22-7-5-19)16(18)11-2-3-13-14(8-11)24-10-23-13/h2-3,8,12,16H,4-7,9-10H2,1H3. The third-order valence-corrected chi connectivity index (χ3v) is 4.96. The van der Waals surface area contributed by atoms with Gasteiger partial charge in [0.1, 0.15) is 0 Å². The predicted molar refractivity (Wildman–Crippen MR) is 83.6 cm³/mol. The molecule has 24 heavy (non-hydrogen) atoms. The molecule has 2 amide bonds. The van der Waals surface area contributed by atoms with Gasteiger partial charge >= 0.3 is 0 Å². The number of morpholine rings is 1. The van der Waals surface area contributed by atoms with Crippen LogP contribution in [0.5, 0.6) is 11.5 Å². The van der Waals surface area contributed by atoms with Gasteiger partial charge < -0.3 is 24.0 Å². The van der Waals surface area contributed by atoms with E-state index in [9.17, 15) is 9.59 Å². The van der Waals surface area contributed by atoms with Crippen LogP contribution in [0.25, 0.3) is 0 Å². The highest BCUT2D eigenvalue weighted by Gasteiger charge is 2.44. The Labute approximate surface area is 140 Å². The maximum atomic E-state index is 12.9. The van der Waals surface area contributed by atoms with Gasteiger partial charge in [0, 0.05) is 26.6 Å². The summed E-state index contributed by atoms with van der Waals surface area (Å²) in [6.07, 6.45) is 0.242. The van der Waals surface area contributed by atoms with E-state index in [1.54, 1.807) is 16.8 Å². The van der Waals surface area contributed by atoms with Crippen molar-refractivity contribution in [1.29, 1.82) is 0 Å². The van der Waals surface area contributed by atoms with Crippen LogP contribution in [-0.4, -0.2) is 61.8 Å². The highest BCUT2D eigenvalue weighted by Crippen LogP contribution is 2.42. The lowest BCUT2D eigenvalue weighted by Gasteiger charge is -2.32. The molecular weight excluding hydrogens is 312 g/mol. The van der Waals surface area contributed by atoms with Crippen molar-refractivity contribution in [3.05, 3.63) is 23.8 Å². The first-order valence-electron chi connectivity index (χ1n) is 8.17. The van der Waals surface area contributed by atoms with Crippen LogP contribution >= 0.6 is 0 Å². The summed E-state index contributed by atoms with van der Waals surface area (Å²) >= 11 is 0. The monoisotopic (exact) mass is 332 g/mol. The van der Waals surface area contributed by atoms with Gasteiger partial charge in [-0.1, -0.05) is 6.07 Å². The Hall–Kier alpha value is -2.28. The van der Waals surface area contributed by atoms with Crippen molar-refractivity contribution in [1.82, 2.24) is 9.80 Å². The fourth-order valence-electron chi connectivity index (χ4n) is 3.66. The summed E-state index contributed by atoms with van der Waals surface area (Å²) in [6.45, 7) is 2.48. The van der Waals surface area contributed by atoms with Crippen LogP contribution in [0.1, 0.15) is 18.0 Å². The van der Waals surface area contributed by atoms with Crippen molar-refractivity contribution in [2.45, 2.75) is 12.5 Å². The molecule has 3 aliphatic rings. The smallest absolute Gasteiger partial charge is 0.231 e. The van der Waals surface area contributed by atoms with Crippen LogP contribution in [0.3, 0.4) is 0 Å². The summed E-state index contributed by atoms with van der Waals surface area (Å²) in [7, 11) is 1.75. The average Bonchev–Trinajstić information content (AvgIpc) is 3.19. The molecule has 2 saturated heterocycles. The molecule has 0 radical (unpaired) electrons. The van der Waals surface area contributed by atoms with E-state index >= 15 is 0 Å². The van der Waals surface area contributed by atoms with Gasteiger partial charge in [-0.25, -0.2) is 0 Å². The number of hydrogen-bond donors (Lipinski definition) is 0. The van der Waals surface area contributed by atoms with Crippen LogP contribution in [0, 0.1) is 5.92 Å². The minimum absolute atomic E-state index is 0.00993. The summed E-state index contributed by atoms with van der Waals surface area (Å²) in [4.78, 5) is 28.7. The molecule has 7 nitrogen and oxygen atoms in total. The summed E-state index contributed by atoms with van der Waals surface area (Å²) in [6, 6.07) is 5.35. The molecule has 4 rings (SSSR count). The lowest BCUT2D eigenvalue weighted by Crippen LogP contribution is -2.44. The van der Waals surface area contributed by atoms with Crippen molar-refractivity contribution < 1.29 is 23.8 Å². The Morgan fingerprint density at radius 2 is 1.92 bits per heavy atom. The highest BCUT2D eigenvalue weighted by atomic mass is 16.7. The molecule has 0 N–H and O–H groups in total. The van der Waals surface area contributed by atoms with Gasteiger partial charge in [0.05, 0.1) is 25.2 Å². The van der Waals surface area contributed by atoms with Crippen LogP contribution in [0.2, 0.25) is 0 Å². The zero-order chi connectivity index (χ0) is 16.7. The van der Waals surface area contributed by atoms with Crippen LogP contribution in [0.4, 0.5) is 0 Å². The van der Waals surface area contributed by atoms with Crippen LogP contribution in [0.15, 0.2) is 18.2 Å². The summed E-state index contributed by atoms with van der Waals surface area (Å²) < 4.78 is 16.1. The van der Waals surface area contributed by atoms with Gasteiger partial charge in [-0.3, -0.25) is 9.59 Å². The number of carbonyl (C=O) groups excluding carboxylic acids is 2. The van der Waals surface area contributed by atoms with E-state index in [1.165, 1.54) is 0 Å². The zero-order valence-electron chi connectivity index (χ0n) is 13.6. The quantitative estimate of drug-likeness (QED) is 0.801. The molecule has 3 heterocycles. The van der Waals surface area contributed by atoms with Crippen molar-refractivity contribution in [2.75, 3.05) is 40.1 Å². The largest absolute Gasteiger partial charge is 0.454 e. The molecule has 1 aromatic rings. The molecule has 2 unspecified atom stereocenters. The van der Waals surface area contributed by atoms with E-state index in [0.29, 0.717) is 37.8 Å². The second-order valence-corrected chi connectivity index (χ2v) is 6.31. The number of fused-ring (bicyclic) bond motifs is 1. The molecule has 0 spiro atoms. The van der Waals surface area contributed by atoms with Gasteiger partial charge in [-0.2, -0.15) is 0 Å². The SMILES string of the molecule is CN1C(=O)CC(C(=O)N2CCOCC2)C1c1ccc2c(c1)OCO2. The zero-order valence-corrected chi connectivity index (χ0v) is 13.6. The van der Waals surface area contributed by atoms with Gasteiger partial charge in [0.25, 0.3) is 0 Å². The minimum atomic E-state index is -0.374. The molecule has 2 atom stereocenters. The van der Waals surface area contributed by atoms with E-state index in [1.807, 2.05) is 18.2 Å². The number of amides is 2. The number of benzene rings is 1. The van der Waals surface area contributed by atoms with Crippen LogP contribution in [-0.2, 0) is 14.3 Å². The molecule has 2 fully saturated rings. The Kier molecular flexibility index (Phi) is 3.80.